The highest BCUT2D eigenvalue weighted by Crippen LogP contribution is 2.29. The van der Waals surface area contributed by atoms with Gasteiger partial charge in [0.2, 0.25) is 0 Å². The van der Waals surface area contributed by atoms with Crippen molar-refractivity contribution in [2.24, 2.45) is 7.05 Å². The number of hydrogen-bond acceptors (Lipinski definition) is 3. The molecular weight excluding hydrogens is 356 g/mol. The van der Waals surface area contributed by atoms with Crippen LogP contribution in [0.4, 0.5) is 5.69 Å². The van der Waals surface area contributed by atoms with Gasteiger partial charge in [-0.05, 0) is 18.2 Å². The van der Waals surface area contributed by atoms with Gasteiger partial charge in [-0.15, -0.1) is 0 Å². The first-order valence-electron chi connectivity index (χ1n) is 6.10. The van der Waals surface area contributed by atoms with Crippen LogP contribution in [0.1, 0.15) is 10.5 Å². The van der Waals surface area contributed by atoms with Gasteiger partial charge in [0.1, 0.15) is 5.69 Å². The zero-order valence-corrected chi connectivity index (χ0v) is 13.3. The molecule has 0 fully saturated rings. The molecule has 1 N–H and O–H groups in total. The highest BCUT2D eigenvalue weighted by atomic mass is 79.9. The van der Waals surface area contributed by atoms with E-state index in [1.54, 1.807) is 19.3 Å². The SMILES string of the molecule is Cn1ncc(Cl)c1C(=O)Nc1ccc(Br)c2cccnc12. The molecule has 0 bridgehead atoms. The monoisotopic (exact) mass is 364 g/mol. The van der Waals surface area contributed by atoms with Crippen molar-refractivity contribution < 1.29 is 4.79 Å². The summed E-state index contributed by atoms with van der Waals surface area (Å²) in [4.78, 5) is 16.7. The molecule has 0 saturated carbocycles. The van der Waals surface area contributed by atoms with Gasteiger partial charge in [-0.25, -0.2) is 0 Å². The molecule has 1 aromatic carbocycles. The van der Waals surface area contributed by atoms with E-state index in [-0.39, 0.29) is 5.91 Å². The fourth-order valence-electron chi connectivity index (χ4n) is 2.09. The summed E-state index contributed by atoms with van der Waals surface area (Å²) in [7, 11) is 1.67. The van der Waals surface area contributed by atoms with Gasteiger partial charge in [0, 0.05) is 23.1 Å². The van der Waals surface area contributed by atoms with Crippen molar-refractivity contribution in [1.82, 2.24) is 14.8 Å². The number of nitrogens with zero attached hydrogens (tertiary/aromatic N) is 3. The summed E-state index contributed by atoms with van der Waals surface area (Å²) in [5.41, 5.74) is 1.64. The molecule has 0 unspecified atom stereocenters. The largest absolute Gasteiger partial charge is 0.319 e. The Morgan fingerprint density at radius 1 is 1.38 bits per heavy atom. The predicted molar refractivity (Wildman–Crippen MR) is 85.6 cm³/mol. The highest BCUT2D eigenvalue weighted by Gasteiger charge is 2.17. The molecule has 2 aromatic heterocycles. The van der Waals surface area contributed by atoms with Crippen molar-refractivity contribution in [2.45, 2.75) is 0 Å². The van der Waals surface area contributed by atoms with Gasteiger partial charge in [0.25, 0.3) is 5.91 Å². The molecule has 1 amide bonds. The number of carbonyl (C=O) groups excluding carboxylic acids is 1. The van der Waals surface area contributed by atoms with Gasteiger partial charge < -0.3 is 5.32 Å². The molecule has 0 radical (unpaired) electrons. The normalized spacial score (nSPS) is 10.8. The quantitative estimate of drug-likeness (QED) is 0.754. The maximum absolute atomic E-state index is 12.3. The van der Waals surface area contributed by atoms with Crippen molar-refractivity contribution in [3.63, 3.8) is 0 Å². The third-order valence-electron chi connectivity index (χ3n) is 3.07. The Labute approximate surface area is 134 Å². The number of fused-ring (bicyclic) bond motifs is 1. The van der Waals surface area contributed by atoms with E-state index in [0.717, 1.165) is 9.86 Å². The molecule has 106 valence electrons. The fraction of sp³-hybridized carbons (Fsp3) is 0.0714. The molecule has 0 spiro atoms. The zero-order valence-electron chi connectivity index (χ0n) is 11.0. The number of amides is 1. The van der Waals surface area contributed by atoms with E-state index in [1.807, 2.05) is 18.2 Å². The van der Waals surface area contributed by atoms with Gasteiger partial charge in [-0.2, -0.15) is 5.10 Å². The first kappa shape index (κ1) is 14.0. The summed E-state index contributed by atoms with van der Waals surface area (Å²) >= 11 is 9.45. The van der Waals surface area contributed by atoms with Crippen LogP contribution in [-0.4, -0.2) is 20.7 Å². The Hall–Kier alpha value is -1.92. The van der Waals surface area contributed by atoms with Crippen LogP contribution in [0.3, 0.4) is 0 Å². The molecule has 2 heterocycles. The average molecular weight is 366 g/mol. The molecule has 5 nitrogen and oxygen atoms in total. The number of aryl methyl sites for hydroxylation is 1. The molecule has 0 aliphatic heterocycles. The summed E-state index contributed by atoms with van der Waals surface area (Å²) in [6.45, 7) is 0. The zero-order chi connectivity index (χ0) is 15.0. The first-order chi connectivity index (χ1) is 10.1. The maximum atomic E-state index is 12.3. The number of benzene rings is 1. The molecule has 21 heavy (non-hydrogen) atoms. The second kappa shape index (κ2) is 5.46. The first-order valence-corrected chi connectivity index (χ1v) is 7.27. The lowest BCUT2D eigenvalue weighted by Crippen LogP contribution is -2.17. The lowest BCUT2D eigenvalue weighted by molar-refractivity contribution is 0.101. The lowest BCUT2D eigenvalue weighted by Gasteiger charge is -2.09. The van der Waals surface area contributed by atoms with Crippen LogP contribution in [0.5, 0.6) is 0 Å². The van der Waals surface area contributed by atoms with Gasteiger partial charge in [-0.1, -0.05) is 33.6 Å². The molecule has 3 aromatic rings. The van der Waals surface area contributed by atoms with Crippen LogP contribution in [-0.2, 0) is 7.05 Å². The Morgan fingerprint density at radius 3 is 2.90 bits per heavy atom. The number of pyridine rings is 1. The topological polar surface area (TPSA) is 59.8 Å². The number of nitrogens with one attached hydrogen (secondary N) is 1. The summed E-state index contributed by atoms with van der Waals surface area (Å²) in [5.74, 6) is -0.325. The van der Waals surface area contributed by atoms with Crippen LogP contribution in [0.25, 0.3) is 10.9 Å². The highest BCUT2D eigenvalue weighted by molar-refractivity contribution is 9.10. The van der Waals surface area contributed by atoms with E-state index in [1.165, 1.54) is 10.9 Å². The van der Waals surface area contributed by atoms with Crippen molar-refractivity contribution in [3.05, 3.63) is 51.8 Å². The molecule has 0 aliphatic rings. The molecule has 0 atom stereocenters. The average Bonchev–Trinajstić information content (AvgIpc) is 2.81. The van der Waals surface area contributed by atoms with Crippen LogP contribution in [0.2, 0.25) is 5.02 Å². The molecule has 0 saturated heterocycles. The van der Waals surface area contributed by atoms with Gasteiger partial charge >= 0.3 is 0 Å². The van der Waals surface area contributed by atoms with Crippen LogP contribution in [0.15, 0.2) is 41.1 Å². The third-order valence-corrected chi connectivity index (χ3v) is 4.04. The number of carbonyl (C=O) groups is 1. The van der Waals surface area contributed by atoms with E-state index in [0.29, 0.717) is 21.9 Å². The van der Waals surface area contributed by atoms with Crippen molar-refractivity contribution in [3.8, 4) is 0 Å². The van der Waals surface area contributed by atoms with Crippen LogP contribution in [0, 0.1) is 0 Å². The number of hydrogen-bond donors (Lipinski definition) is 1. The second-order valence-electron chi connectivity index (χ2n) is 4.41. The number of aromatic nitrogens is 3. The van der Waals surface area contributed by atoms with E-state index in [9.17, 15) is 4.79 Å². The minimum atomic E-state index is -0.325. The van der Waals surface area contributed by atoms with Crippen molar-refractivity contribution >= 4 is 50.0 Å². The minimum Gasteiger partial charge on any atom is -0.319 e. The Kier molecular flexibility index (Phi) is 3.65. The van der Waals surface area contributed by atoms with E-state index in [2.05, 4.69) is 31.3 Å². The summed E-state index contributed by atoms with van der Waals surface area (Å²) in [5, 5.41) is 8.02. The lowest BCUT2D eigenvalue weighted by atomic mass is 10.2. The summed E-state index contributed by atoms with van der Waals surface area (Å²) in [6, 6.07) is 7.43. The molecule has 7 heteroatoms. The second-order valence-corrected chi connectivity index (χ2v) is 5.67. The molecule has 0 aliphatic carbocycles. The van der Waals surface area contributed by atoms with E-state index in [4.69, 9.17) is 11.6 Å². The number of rotatable bonds is 2. The standard InChI is InChI=1S/C14H10BrClN4O/c1-20-13(10(16)7-18-20)14(21)19-11-5-4-9(15)8-3-2-6-17-12(8)11/h2-7H,1H3,(H,19,21). The Balaban J connectivity index is 2.03. The predicted octanol–water partition coefficient (Wildman–Crippen LogP) is 3.64. The number of anilines is 1. The van der Waals surface area contributed by atoms with Crippen LogP contribution >= 0.6 is 27.5 Å². The van der Waals surface area contributed by atoms with Crippen molar-refractivity contribution in [2.75, 3.05) is 5.32 Å². The summed E-state index contributed by atoms with van der Waals surface area (Å²) in [6.07, 6.45) is 3.12. The maximum Gasteiger partial charge on any atom is 0.275 e. The Morgan fingerprint density at radius 2 is 2.19 bits per heavy atom. The van der Waals surface area contributed by atoms with Crippen molar-refractivity contribution in [1.29, 1.82) is 0 Å². The fourth-order valence-corrected chi connectivity index (χ4v) is 2.79. The van der Waals surface area contributed by atoms with Gasteiger partial charge in [0.05, 0.1) is 22.4 Å². The smallest absolute Gasteiger partial charge is 0.275 e. The van der Waals surface area contributed by atoms with Gasteiger partial charge in [-0.3, -0.25) is 14.5 Å². The Bertz CT molecular complexity index is 827. The summed E-state index contributed by atoms with van der Waals surface area (Å²) < 4.78 is 2.36. The molecular formula is C14H10BrClN4O. The third kappa shape index (κ3) is 2.52. The van der Waals surface area contributed by atoms with Crippen LogP contribution < -0.4 is 5.32 Å². The number of halogens is 2. The van der Waals surface area contributed by atoms with Gasteiger partial charge in [0.15, 0.2) is 0 Å². The minimum absolute atomic E-state index is 0.309. The molecule has 3 rings (SSSR count). The van der Waals surface area contributed by atoms with E-state index >= 15 is 0 Å². The van der Waals surface area contributed by atoms with E-state index < -0.39 is 0 Å².